The van der Waals surface area contributed by atoms with Gasteiger partial charge in [0.1, 0.15) is 6.67 Å². The summed E-state index contributed by atoms with van der Waals surface area (Å²) in [6.45, 7) is -1.13. The summed E-state index contributed by atoms with van der Waals surface area (Å²) in [5, 5.41) is 8.78. The Morgan fingerprint density at radius 1 is 1.50 bits per heavy atom. The molecule has 1 rings (SSSR count). The molecule has 0 aliphatic heterocycles. The molecular weight excluding hydrogens is 253 g/mol. The SMILES string of the molecule is NC(CF)(C(=O)O)c1ccc(Br)cc1. The number of carboxylic acids is 1. The lowest BCUT2D eigenvalue weighted by Crippen LogP contribution is -2.46. The van der Waals surface area contributed by atoms with Gasteiger partial charge in [-0.2, -0.15) is 0 Å². The average molecular weight is 262 g/mol. The van der Waals surface area contributed by atoms with E-state index in [1.54, 1.807) is 12.1 Å². The van der Waals surface area contributed by atoms with Crippen LogP contribution in [0.4, 0.5) is 4.39 Å². The number of nitrogens with two attached hydrogens (primary N) is 1. The number of benzene rings is 1. The molecule has 0 amide bonds. The summed E-state index contributed by atoms with van der Waals surface area (Å²) < 4.78 is 13.3. The van der Waals surface area contributed by atoms with E-state index in [1.165, 1.54) is 12.1 Å². The van der Waals surface area contributed by atoms with Crippen molar-refractivity contribution in [3.05, 3.63) is 34.3 Å². The van der Waals surface area contributed by atoms with E-state index in [0.29, 0.717) is 0 Å². The molecule has 76 valence electrons. The first-order valence-electron chi connectivity index (χ1n) is 3.85. The van der Waals surface area contributed by atoms with Crippen molar-refractivity contribution in [2.45, 2.75) is 5.54 Å². The second-order valence-corrected chi connectivity index (χ2v) is 3.83. The second-order valence-electron chi connectivity index (χ2n) is 2.92. The van der Waals surface area contributed by atoms with E-state index in [-0.39, 0.29) is 5.56 Å². The van der Waals surface area contributed by atoms with Gasteiger partial charge in [-0.1, -0.05) is 28.1 Å². The van der Waals surface area contributed by atoms with Gasteiger partial charge in [0.05, 0.1) is 0 Å². The number of halogens is 2. The molecule has 1 aromatic carbocycles. The molecule has 0 spiro atoms. The lowest BCUT2D eigenvalue weighted by molar-refractivity contribution is -0.144. The monoisotopic (exact) mass is 261 g/mol. The van der Waals surface area contributed by atoms with Crippen molar-refractivity contribution >= 4 is 21.9 Å². The number of hydrogen-bond donors (Lipinski definition) is 2. The zero-order valence-corrected chi connectivity index (χ0v) is 8.79. The van der Waals surface area contributed by atoms with E-state index in [4.69, 9.17) is 10.8 Å². The Morgan fingerprint density at radius 3 is 2.36 bits per heavy atom. The summed E-state index contributed by atoms with van der Waals surface area (Å²) in [5.41, 5.74) is 3.72. The summed E-state index contributed by atoms with van der Waals surface area (Å²) >= 11 is 3.19. The molecule has 1 aromatic rings. The smallest absolute Gasteiger partial charge is 0.331 e. The Kier molecular flexibility index (Phi) is 3.23. The maximum atomic E-state index is 12.6. The fraction of sp³-hybridized carbons (Fsp3) is 0.222. The zero-order valence-electron chi connectivity index (χ0n) is 7.21. The van der Waals surface area contributed by atoms with E-state index in [1.807, 2.05) is 0 Å². The van der Waals surface area contributed by atoms with Gasteiger partial charge < -0.3 is 10.8 Å². The van der Waals surface area contributed by atoms with Gasteiger partial charge >= 0.3 is 5.97 Å². The summed E-state index contributed by atoms with van der Waals surface area (Å²) in [6, 6.07) is 6.21. The molecule has 0 bridgehead atoms. The highest BCUT2D eigenvalue weighted by molar-refractivity contribution is 9.10. The van der Waals surface area contributed by atoms with E-state index in [0.717, 1.165) is 4.47 Å². The highest BCUT2D eigenvalue weighted by atomic mass is 79.9. The lowest BCUT2D eigenvalue weighted by atomic mass is 9.93. The number of carbonyl (C=O) groups is 1. The van der Waals surface area contributed by atoms with Crippen molar-refractivity contribution in [1.82, 2.24) is 0 Å². The van der Waals surface area contributed by atoms with Gasteiger partial charge in [-0.25, -0.2) is 9.18 Å². The van der Waals surface area contributed by atoms with Crippen molar-refractivity contribution in [2.24, 2.45) is 5.73 Å². The molecule has 3 N–H and O–H groups in total. The minimum absolute atomic E-state index is 0.246. The van der Waals surface area contributed by atoms with Crippen molar-refractivity contribution in [3.63, 3.8) is 0 Å². The Balaban J connectivity index is 3.13. The van der Waals surface area contributed by atoms with Gasteiger partial charge in [0, 0.05) is 4.47 Å². The third-order valence-electron chi connectivity index (χ3n) is 1.95. The quantitative estimate of drug-likeness (QED) is 0.870. The number of carboxylic acid groups (broad SMARTS) is 1. The summed E-state index contributed by atoms with van der Waals surface area (Å²) in [6.07, 6.45) is 0. The van der Waals surface area contributed by atoms with Crippen molar-refractivity contribution in [1.29, 1.82) is 0 Å². The highest BCUT2D eigenvalue weighted by Gasteiger charge is 2.36. The molecule has 3 nitrogen and oxygen atoms in total. The summed E-state index contributed by atoms with van der Waals surface area (Å²) in [7, 11) is 0. The Labute approximate surface area is 88.9 Å². The number of rotatable bonds is 3. The van der Waals surface area contributed by atoms with Crippen LogP contribution in [0.2, 0.25) is 0 Å². The van der Waals surface area contributed by atoms with E-state index in [9.17, 15) is 9.18 Å². The molecule has 5 heteroatoms. The summed E-state index contributed by atoms with van der Waals surface area (Å²) in [5.74, 6) is -1.37. The first kappa shape index (κ1) is 11.1. The molecule has 14 heavy (non-hydrogen) atoms. The average Bonchev–Trinajstić information content (AvgIpc) is 2.17. The topological polar surface area (TPSA) is 63.3 Å². The summed E-state index contributed by atoms with van der Waals surface area (Å²) in [4.78, 5) is 10.8. The Morgan fingerprint density at radius 2 is 2.00 bits per heavy atom. The molecule has 0 aliphatic carbocycles. The van der Waals surface area contributed by atoms with Gasteiger partial charge in [0.25, 0.3) is 0 Å². The minimum Gasteiger partial charge on any atom is -0.480 e. The molecule has 0 fully saturated rings. The van der Waals surface area contributed by atoms with Crippen LogP contribution in [-0.2, 0) is 10.3 Å². The van der Waals surface area contributed by atoms with Crippen molar-refractivity contribution < 1.29 is 14.3 Å². The third kappa shape index (κ3) is 1.93. The van der Waals surface area contributed by atoms with E-state index in [2.05, 4.69) is 15.9 Å². The minimum atomic E-state index is -1.94. The van der Waals surface area contributed by atoms with Crippen molar-refractivity contribution in [3.8, 4) is 0 Å². The van der Waals surface area contributed by atoms with Gasteiger partial charge in [-0.3, -0.25) is 0 Å². The molecule has 0 heterocycles. The van der Waals surface area contributed by atoms with Crippen LogP contribution in [0.5, 0.6) is 0 Å². The van der Waals surface area contributed by atoms with Crippen molar-refractivity contribution in [2.75, 3.05) is 6.67 Å². The molecule has 0 saturated heterocycles. The highest BCUT2D eigenvalue weighted by Crippen LogP contribution is 2.21. The largest absolute Gasteiger partial charge is 0.480 e. The van der Waals surface area contributed by atoms with Crippen LogP contribution in [0, 0.1) is 0 Å². The van der Waals surface area contributed by atoms with Crippen LogP contribution < -0.4 is 5.73 Å². The molecule has 0 aromatic heterocycles. The standard InChI is InChI=1S/C9H9BrFNO2/c10-7-3-1-6(2-4-7)9(12,5-11)8(13)14/h1-4H,5,12H2,(H,13,14). The first-order valence-corrected chi connectivity index (χ1v) is 4.64. The predicted octanol–water partition coefficient (Wildman–Crippen LogP) is 1.66. The predicted molar refractivity (Wildman–Crippen MR) is 53.6 cm³/mol. The molecule has 0 saturated carbocycles. The maximum Gasteiger partial charge on any atom is 0.331 e. The van der Waals surface area contributed by atoms with Gasteiger partial charge in [0.2, 0.25) is 0 Å². The number of alkyl halides is 1. The van der Waals surface area contributed by atoms with Gasteiger partial charge in [-0.05, 0) is 17.7 Å². The molecular formula is C9H9BrFNO2. The molecule has 0 aliphatic rings. The zero-order chi connectivity index (χ0) is 10.8. The van der Waals surface area contributed by atoms with Crippen LogP contribution >= 0.6 is 15.9 Å². The van der Waals surface area contributed by atoms with Gasteiger partial charge in [0.15, 0.2) is 5.54 Å². The van der Waals surface area contributed by atoms with E-state index < -0.39 is 18.2 Å². The van der Waals surface area contributed by atoms with Crippen LogP contribution in [0.1, 0.15) is 5.56 Å². The maximum absolute atomic E-state index is 12.6. The number of aliphatic carboxylic acids is 1. The van der Waals surface area contributed by atoms with Crippen LogP contribution in [0.15, 0.2) is 28.7 Å². The van der Waals surface area contributed by atoms with Crippen LogP contribution in [-0.4, -0.2) is 17.8 Å². The lowest BCUT2D eigenvalue weighted by Gasteiger charge is -2.21. The van der Waals surface area contributed by atoms with Gasteiger partial charge in [-0.15, -0.1) is 0 Å². The molecule has 1 unspecified atom stereocenters. The second kappa shape index (κ2) is 4.06. The molecule has 0 radical (unpaired) electrons. The van der Waals surface area contributed by atoms with Crippen LogP contribution in [0.3, 0.4) is 0 Å². The fourth-order valence-electron chi connectivity index (χ4n) is 1.01. The Hall–Kier alpha value is -0.940. The van der Waals surface area contributed by atoms with E-state index >= 15 is 0 Å². The Bertz CT molecular complexity index is 341. The number of hydrogen-bond acceptors (Lipinski definition) is 2. The normalized spacial score (nSPS) is 14.8. The molecule has 1 atom stereocenters. The fourth-order valence-corrected chi connectivity index (χ4v) is 1.27. The van der Waals surface area contributed by atoms with Crippen LogP contribution in [0.25, 0.3) is 0 Å². The third-order valence-corrected chi connectivity index (χ3v) is 2.48. The first-order chi connectivity index (χ1) is 6.50.